The van der Waals surface area contributed by atoms with Crippen LogP contribution < -0.4 is 11.2 Å². The lowest BCUT2D eigenvalue weighted by molar-refractivity contribution is -0.214. The molecule has 150 valence electrons. The van der Waals surface area contributed by atoms with Crippen molar-refractivity contribution < 1.29 is 29.0 Å². The number of rotatable bonds is 7. The van der Waals surface area contributed by atoms with Crippen LogP contribution in [-0.2, 0) is 11.3 Å². The normalized spacial score (nSPS) is 14.9. The zero-order valence-electron chi connectivity index (χ0n) is 14.7. The molecule has 0 aliphatic heterocycles. The van der Waals surface area contributed by atoms with Gasteiger partial charge in [0.1, 0.15) is 17.6 Å². The summed E-state index contributed by atoms with van der Waals surface area (Å²) in [5.74, 6) is -0.535. The Hall–Kier alpha value is -2.86. The minimum absolute atomic E-state index is 0.152. The Morgan fingerprint density at radius 2 is 2.04 bits per heavy atom. The number of fused-ring (bicyclic) bond motifs is 1. The number of hydrogen-bond acceptors (Lipinski definition) is 8. The molecule has 3 aromatic rings. The number of aliphatic hydroxyl groups excluding tert-OH is 3. The Labute approximate surface area is 156 Å². The highest BCUT2D eigenvalue weighted by Crippen LogP contribution is 2.19. The molecule has 28 heavy (non-hydrogen) atoms. The molecule has 0 saturated carbocycles. The molecule has 0 bridgehead atoms. The van der Waals surface area contributed by atoms with E-state index in [1.807, 2.05) is 0 Å². The van der Waals surface area contributed by atoms with Gasteiger partial charge in [-0.25, -0.2) is 9.18 Å². The number of benzene rings is 1. The predicted molar refractivity (Wildman–Crippen MR) is 92.9 cm³/mol. The molecule has 2 heterocycles. The molecule has 0 radical (unpaired) electrons. The molecule has 0 aliphatic carbocycles. The summed E-state index contributed by atoms with van der Waals surface area (Å²) < 4.78 is 25.1. The van der Waals surface area contributed by atoms with E-state index in [9.17, 15) is 24.2 Å². The van der Waals surface area contributed by atoms with Crippen LogP contribution in [0.1, 0.15) is 19.0 Å². The summed E-state index contributed by atoms with van der Waals surface area (Å²) >= 11 is 0. The van der Waals surface area contributed by atoms with Crippen LogP contribution in [0.2, 0.25) is 0 Å². The molecule has 0 spiro atoms. The third kappa shape index (κ3) is 3.87. The Morgan fingerprint density at radius 1 is 1.29 bits per heavy atom. The lowest BCUT2D eigenvalue weighted by Gasteiger charge is -2.23. The van der Waals surface area contributed by atoms with Crippen LogP contribution in [-0.4, -0.2) is 48.4 Å². The second-order valence-electron chi connectivity index (χ2n) is 6.12. The van der Waals surface area contributed by atoms with Gasteiger partial charge in [-0.05, 0) is 25.1 Å². The summed E-state index contributed by atoms with van der Waals surface area (Å²) in [7, 11) is 0. The molecule has 10 nitrogen and oxygen atoms in total. The number of hydrogen-bond donors (Lipinski definition) is 3. The molecule has 2 aromatic heterocycles. The van der Waals surface area contributed by atoms with Crippen LogP contribution in [0.3, 0.4) is 0 Å². The van der Waals surface area contributed by atoms with E-state index in [-0.39, 0.29) is 17.8 Å². The molecule has 3 N–H and O–H groups in total. The zero-order valence-corrected chi connectivity index (χ0v) is 14.7. The first-order valence-electron chi connectivity index (χ1n) is 8.30. The van der Waals surface area contributed by atoms with Crippen molar-refractivity contribution in [2.45, 2.75) is 32.1 Å². The third-order valence-electron chi connectivity index (χ3n) is 4.16. The fraction of sp³-hybridized carbons (Fsp3) is 0.353. The minimum Gasteiger partial charge on any atom is -0.394 e. The van der Waals surface area contributed by atoms with Gasteiger partial charge in [-0.1, -0.05) is 5.16 Å². The van der Waals surface area contributed by atoms with E-state index in [4.69, 9.17) is 14.4 Å². The topological polar surface area (TPSA) is 140 Å². The largest absolute Gasteiger partial charge is 0.394 e. The van der Waals surface area contributed by atoms with Crippen molar-refractivity contribution in [3.8, 4) is 0 Å². The van der Waals surface area contributed by atoms with Crippen LogP contribution in [0.25, 0.3) is 11.0 Å². The first kappa shape index (κ1) is 19.9. The Balaban J connectivity index is 1.96. The van der Waals surface area contributed by atoms with E-state index < -0.39 is 42.3 Å². The van der Waals surface area contributed by atoms with Gasteiger partial charge in [0.2, 0.25) is 6.41 Å². The maximum Gasteiger partial charge on any atom is 0.335 e. The van der Waals surface area contributed by atoms with Gasteiger partial charge >= 0.3 is 5.69 Å². The van der Waals surface area contributed by atoms with Crippen molar-refractivity contribution in [1.29, 1.82) is 0 Å². The van der Waals surface area contributed by atoms with E-state index in [1.54, 1.807) is 0 Å². The first-order valence-corrected chi connectivity index (χ1v) is 8.30. The Morgan fingerprint density at radius 3 is 2.71 bits per heavy atom. The van der Waals surface area contributed by atoms with Crippen LogP contribution in [0, 0.1) is 5.82 Å². The van der Waals surface area contributed by atoms with Crippen molar-refractivity contribution >= 4 is 11.0 Å². The molecule has 3 rings (SSSR count). The van der Waals surface area contributed by atoms with Crippen LogP contribution in [0.15, 0.2) is 44.6 Å². The van der Waals surface area contributed by atoms with E-state index in [0.717, 1.165) is 16.8 Å². The van der Waals surface area contributed by atoms with Crippen LogP contribution in [0.4, 0.5) is 4.39 Å². The fourth-order valence-electron chi connectivity index (χ4n) is 2.60. The Bertz CT molecular complexity index is 1090. The summed E-state index contributed by atoms with van der Waals surface area (Å²) in [6.45, 7) is 0.410. The zero-order chi connectivity index (χ0) is 20.4. The summed E-state index contributed by atoms with van der Waals surface area (Å²) in [5.41, 5.74) is -1.18. The lowest BCUT2D eigenvalue weighted by Crippen LogP contribution is -2.43. The molecule has 0 unspecified atom stereocenters. The summed E-state index contributed by atoms with van der Waals surface area (Å²) in [5, 5.41) is 32.8. The van der Waals surface area contributed by atoms with E-state index in [1.165, 1.54) is 25.1 Å². The van der Waals surface area contributed by atoms with Crippen molar-refractivity contribution in [2.24, 2.45) is 0 Å². The van der Waals surface area contributed by atoms with E-state index in [2.05, 4.69) is 5.16 Å². The highest BCUT2D eigenvalue weighted by molar-refractivity contribution is 5.79. The van der Waals surface area contributed by atoms with Crippen molar-refractivity contribution in [3.05, 3.63) is 62.8 Å². The maximum atomic E-state index is 13.5. The van der Waals surface area contributed by atoms with Crippen LogP contribution in [0.5, 0.6) is 0 Å². The Kier molecular flexibility index (Phi) is 5.70. The smallest absolute Gasteiger partial charge is 0.335 e. The molecule has 0 aliphatic rings. The number of halogens is 1. The van der Waals surface area contributed by atoms with Crippen LogP contribution >= 0.6 is 0 Å². The molecule has 0 saturated heterocycles. The number of ether oxygens (including phenoxy) is 1. The van der Waals surface area contributed by atoms with Gasteiger partial charge in [0, 0.05) is 17.6 Å². The molecule has 1 aromatic carbocycles. The number of nitrogens with zero attached hydrogens (tertiary/aromatic N) is 3. The molecule has 0 amide bonds. The average Bonchev–Trinajstić information content (AvgIpc) is 3.04. The van der Waals surface area contributed by atoms with Gasteiger partial charge in [0.05, 0.1) is 19.3 Å². The highest BCUT2D eigenvalue weighted by Gasteiger charge is 2.22. The monoisotopic (exact) mass is 395 g/mol. The summed E-state index contributed by atoms with van der Waals surface area (Å²) in [6.07, 6.45) is -3.11. The van der Waals surface area contributed by atoms with Gasteiger partial charge in [-0.2, -0.15) is 0 Å². The van der Waals surface area contributed by atoms with Crippen molar-refractivity contribution in [1.82, 2.24) is 14.3 Å². The summed E-state index contributed by atoms with van der Waals surface area (Å²) in [6, 6.07) is 4.75. The highest BCUT2D eigenvalue weighted by atomic mass is 19.1. The van der Waals surface area contributed by atoms with E-state index >= 15 is 0 Å². The molecule has 3 atom stereocenters. The van der Waals surface area contributed by atoms with Gasteiger partial charge in [0.15, 0.2) is 5.58 Å². The second-order valence-corrected chi connectivity index (χ2v) is 6.12. The summed E-state index contributed by atoms with van der Waals surface area (Å²) in [4.78, 5) is 24.8. The fourth-order valence-corrected chi connectivity index (χ4v) is 2.60. The molecular weight excluding hydrogens is 377 g/mol. The predicted octanol–water partition coefficient (Wildman–Crippen LogP) is -0.455. The molecule has 0 fully saturated rings. The van der Waals surface area contributed by atoms with Gasteiger partial charge < -0.3 is 24.6 Å². The van der Waals surface area contributed by atoms with Gasteiger partial charge in [-0.15, -0.1) is 0 Å². The van der Waals surface area contributed by atoms with Gasteiger partial charge in [-0.3, -0.25) is 13.9 Å². The first-order chi connectivity index (χ1) is 13.3. The molecular formula is C17H18FN3O7. The average molecular weight is 395 g/mol. The molecule has 11 heteroatoms. The lowest BCUT2D eigenvalue weighted by atomic mass is 10.2. The standard InChI is InChI=1S/C17H18FN3O7/c1-9(23)14(8-22)27-17(26)20-5-4-15(24)21(16(20)25)7-12-11-6-10(18)2-3-13(11)28-19-12/h2-6,9,14,17,22-23,26H,7-8H2,1H3/t9-,14-,17+/m1/s1. The SMILES string of the molecule is C[C@@H](O)[C@@H](CO)O[C@H](O)n1ccc(=O)n(Cc2noc3ccc(F)cc23)c1=O. The minimum atomic E-state index is -1.86. The third-order valence-corrected chi connectivity index (χ3v) is 4.16. The number of aliphatic hydroxyl groups is 3. The quantitative estimate of drug-likeness (QED) is 0.457. The second kappa shape index (κ2) is 8.02. The number of aromatic nitrogens is 3. The maximum absolute atomic E-state index is 13.5. The van der Waals surface area contributed by atoms with E-state index in [0.29, 0.717) is 9.95 Å². The van der Waals surface area contributed by atoms with Crippen molar-refractivity contribution in [2.75, 3.05) is 6.61 Å². The van der Waals surface area contributed by atoms with Gasteiger partial charge in [0.25, 0.3) is 5.56 Å². The van der Waals surface area contributed by atoms with Crippen molar-refractivity contribution in [3.63, 3.8) is 0 Å².